The van der Waals surface area contributed by atoms with E-state index in [1.165, 1.54) is 11.3 Å². The van der Waals surface area contributed by atoms with E-state index in [1.807, 2.05) is 49.4 Å². The highest BCUT2D eigenvalue weighted by atomic mass is 35.5. The lowest BCUT2D eigenvalue weighted by Gasteiger charge is -2.13. The molecular weight excluding hydrogens is 404 g/mol. The summed E-state index contributed by atoms with van der Waals surface area (Å²) in [5.41, 5.74) is 2.59. The van der Waals surface area contributed by atoms with Crippen molar-refractivity contribution >= 4 is 56.2 Å². The number of amides is 2. The van der Waals surface area contributed by atoms with Crippen LogP contribution in [0.5, 0.6) is 0 Å². The van der Waals surface area contributed by atoms with Crippen LogP contribution in [0, 0.1) is 6.92 Å². The molecule has 0 aliphatic rings. The van der Waals surface area contributed by atoms with Gasteiger partial charge in [-0.3, -0.25) is 9.59 Å². The molecule has 4 aromatic rings. The van der Waals surface area contributed by atoms with Crippen LogP contribution in [0.15, 0.2) is 72.8 Å². The number of hydrogen-bond donors (Lipinski definition) is 2. The topological polar surface area (TPSA) is 58.2 Å². The minimum absolute atomic E-state index is 0.204. The molecule has 3 aromatic carbocycles. The number of rotatable bonds is 4. The van der Waals surface area contributed by atoms with E-state index in [1.54, 1.807) is 30.3 Å². The van der Waals surface area contributed by atoms with Crippen molar-refractivity contribution in [1.29, 1.82) is 0 Å². The molecule has 4 rings (SSSR count). The van der Waals surface area contributed by atoms with Gasteiger partial charge in [-0.1, -0.05) is 54.1 Å². The maximum Gasteiger partial charge on any atom is 0.267 e. The summed E-state index contributed by atoms with van der Waals surface area (Å²) in [6.07, 6.45) is 0. The van der Waals surface area contributed by atoms with Crippen LogP contribution in [-0.4, -0.2) is 11.8 Å². The molecule has 0 saturated heterocycles. The van der Waals surface area contributed by atoms with Crippen molar-refractivity contribution in [2.24, 2.45) is 0 Å². The Bertz CT molecular complexity index is 1220. The summed E-state index contributed by atoms with van der Waals surface area (Å²) in [6, 6.07) is 22.0. The van der Waals surface area contributed by atoms with Crippen molar-refractivity contribution in [3.63, 3.8) is 0 Å². The second kappa shape index (κ2) is 8.07. The van der Waals surface area contributed by atoms with E-state index >= 15 is 0 Å². The Morgan fingerprint density at radius 2 is 1.41 bits per heavy atom. The second-order valence-corrected chi connectivity index (χ2v) is 7.92. The number of anilines is 2. The van der Waals surface area contributed by atoms with E-state index in [0.717, 1.165) is 15.6 Å². The number of hydrogen-bond acceptors (Lipinski definition) is 3. The van der Waals surface area contributed by atoms with Crippen LogP contribution >= 0.6 is 22.9 Å². The third-order valence-electron chi connectivity index (χ3n) is 4.61. The fourth-order valence-electron chi connectivity index (χ4n) is 3.03. The predicted molar refractivity (Wildman–Crippen MR) is 120 cm³/mol. The van der Waals surface area contributed by atoms with Crippen molar-refractivity contribution in [3.8, 4) is 0 Å². The zero-order valence-corrected chi connectivity index (χ0v) is 17.1. The Morgan fingerprint density at radius 1 is 0.793 bits per heavy atom. The third-order valence-corrected chi connectivity index (χ3v) is 6.28. The lowest BCUT2D eigenvalue weighted by molar-refractivity contribution is 0.102. The maximum atomic E-state index is 12.8. The van der Waals surface area contributed by atoms with Gasteiger partial charge in [0.1, 0.15) is 4.88 Å². The molecule has 4 nitrogen and oxygen atoms in total. The van der Waals surface area contributed by atoms with Crippen LogP contribution < -0.4 is 10.6 Å². The monoisotopic (exact) mass is 420 g/mol. The molecule has 6 heteroatoms. The third kappa shape index (κ3) is 3.88. The highest BCUT2D eigenvalue weighted by Gasteiger charge is 2.18. The minimum Gasteiger partial charge on any atom is -0.322 e. The molecule has 29 heavy (non-hydrogen) atoms. The number of fused-ring (bicyclic) bond motifs is 1. The van der Waals surface area contributed by atoms with Gasteiger partial charge in [-0.15, -0.1) is 11.3 Å². The Balaban J connectivity index is 1.57. The van der Waals surface area contributed by atoms with Crippen molar-refractivity contribution in [3.05, 3.63) is 93.8 Å². The summed E-state index contributed by atoms with van der Waals surface area (Å²) in [4.78, 5) is 25.8. The molecule has 0 saturated carbocycles. The molecule has 0 bridgehead atoms. The number of nitrogens with one attached hydrogen (secondary N) is 2. The summed E-state index contributed by atoms with van der Waals surface area (Å²) >= 11 is 7.77. The van der Waals surface area contributed by atoms with Crippen molar-refractivity contribution < 1.29 is 9.59 Å². The quantitative estimate of drug-likeness (QED) is 0.403. The van der Waals surface area contributed by atoms with Gasteiger partial charge in [0.25, 0.3) is 11.8 Å². The van der Waals surface area contributed by atoms with Gasteiger partial charge in [-0.2, -0.15) is 0 Å². The van der Waals surface area contributed by atoms with Gasteiger partial charge in [-0.05, 0) is 42.8 Å². The SMILES string of the molecule is Cc1c(NC(=O)c2ccccc2)cccc1NC(=O)c1sc2ccccc2c1Cl. The summed E-state index contributed by atoms with van der Waals surface area (Å²) < 4.78 is 0.961. The molecule has 1 aromatic heterocycles. The number of benzene rings is 3. The average Bonchev–Trinajstić information content (AvgIpc) is 3.08. The molecule has 1 heterocycles. The number of thiophene rings is 1. The van der Waals surface area contributed by atoms with E-state index in [-0.39, 0.29) is 11.8 Å². The van der Waals surface area contributed by atoms with Gasteiger partial charge in [0, 0.05) is 27.0 Å². The molecule has 0 radical (unpaired) electrons. The molecule has 0 atom stereocenters. The van der Waals surface area contributed by atoms with Gasteiger partial charge < -0.3 is 10.6 Å². The van der Waals surface area contributed by atoms with Gasteiger partial charge >= 0.3 is 0 Å². The fraction of sp³-hybridized carbons (Fsp3) is 0.0435. The first-order valence-corrected chi connectivity index (χ1v) is 10.2. The molecule has 0 fully saturated rings. The predicted octanol–water partition coefficient (Wildman–Crippen LogP) is 6.37. The Hall–Kier alpha value is -3.15. The van der Waals surface area contributed by atoms with Crippen LogP contribution in [0.3, 0.4) is 0 Å². The Labute approximate surface area is 177 Å². The largest absolute Gasteiger partial charge is 0.322 e. The Morgan fingerprint density at radius 3 is 2.10 bits per heavy atom. The number of carbonyl (C=O) groups excluding carboxylic acids is 2. The number of halogens is 1. The number of carbonyl (C=O) groups is 2. The summed E-state index contributed by atoms with van der Waals surface area (Å²) in [5.74, 6) is -0.476. The van der Waals surface area contributed by atoms with E-state index in [0.29, 0.717) is 26.8 Å². The van der Waals surface area contributed by atoms with Gasteiger partial charge in [0.05, 0.1) is 5.02 Å². The van der Waals surface area contributed by atoms with Crippen LogP contribution in [0.25, 0.3) is 10.1 Å². The van der Waals surface area contributed by atoms with Gasteiger partial charge in [0.15, 0.2) is 0 Å². The highest BCUT2D eigenvalue weighted by Crippen LogP contribution is 2.36. The first-order chi connectivity index (χ1) is 14.0. The lowest BCUT2D eigenvalue weighted by atomic mass is 10.1. The lowest BCUT2D eigenvalue weighted by Crippen LogP contribution is -2.15. The molecule has 0 aliphatic heterocycles. The molecule has 2 amide bonds. The second-order valence-electron chi connectivity index (χ2n) is 6.49. The molecule has 0 unspecified atom stereocenters. The van der Waals surface area contributed by atoms with Crippen LogP contribution in [0.1, 0.15) is 25.6 Å². The minimum atomic E-state index is -0.272. The van der Waals surface area contributed by atoms with E-state index in [4.69, 9.17) is 11.6 Å². The van der Waals surface area contributed by atoms with Crippen molar-refractivity contribution in [2.75, 3.05) is 10.6 Å². The van der Waals surface area contributed by atoms with Crippen molar-refractivity contribution in [1.82, 2.24) is 0 Å². The zero-order valence-electron chi connectivity index (χ0n) is 15.5. The van der Waals surface area contributed by atoms with E-state index < -0.39 is 0 Å². The summed E-state index contributed by atoms with van der Waals surface area (Å²) in [5, 5.41) is 7.14. The first-order valence-electron chi connectivity index (χ1n) is 8.99. The molecule has 0 spiro atoms. The van der Waals surface area contributed by atoms with E-state index in [2.05, 4.69) is 10.6 Å². The van der Waals surface area contributed by atoms with Crippen molar-refractivity contribution in [2.45, 2.75) is 6.92 Å². The van der Waals surface area contributed by atoms with Crippen LogP contribution in [0.2, 0.25) is 5.02 Å². The molecular formula is C23H17ClN2O2S. The Kier molecular flexibility index (Phi) is 5.34. The first kappa shape index (κ1) is 19.2. The normalized spacial score (nSPS) is 10.7. The smallest absolute Gasteiger partial charge is 0.267 e. The highest BCUT2D eigenvalue weighted by molar-refractivity contribution is 7.21. The van der Waals surface area contributed by atoms with Gasteiger partial charge in [-0.25, -0.2) is 0 Å². The molecule has 2 N–H and O–H groups in total. The summed E-state index contributed by atoms with van der Waals surface area (Å²) in [6.45, 7) is 1.85. The van der Waals surface area contributed by atoms with Crippen LogP contribution in [-0.2, 0) is 0 Å². The molecule has 0 aliphatic carbocycles. The van der Waals surface area contributed by atoms with Gasteiger partial charge in [0.2, 0.25) is 0 Å². The fourth-order valence-corrected chi connectivity index (χ4v) is 4.44. The average molecular weight is 421 g/mol. The maximum absolute atomic E-state index is 12.8. The standard InChI is InChI=1S/C23H17ClN2O2S/c1-14-17(25-22(27)15-8-3-2-4-9-15)11-7-12-18(14)26-23(28)21-20(24)16-10-5-6-13-19(16)29-21/h2-13H,1H3,(H,25,27)(H,26,28). The zero-order chi connectivity index (χ0) is 20.4. The van der Waals surface area contributed by atoms with E-state index in [9.17, 15) is 9.59 Å². The van der Waals surface area contributed by atoms with Crippen LogP contribution in [0.4, 0.5) is 11.4 Å². The molecule has 144 valence electrons. The summed E-state index contributed by atoms with van der Waals surface area (Å²) in [7, 11) is 0.